The highest BCUT2D eigenvalue weighted by molar-refractivity contribution is 7.60. The van der Waals surface area contributed by atoms with Crippen LogP contribution in [0.15, 0.2) is 12.3 Å². The Morgan fingerprint density at radius 3 is 2.21 bits per heavy atom. The fourth-order valence-electron chi connectivity index (χ4n) is 0.374. The van der Waals surface area contributed by atoms with Crippen molar-refractivity contribution in [2.75, 3.05) is 0 Å². The van der Waals surface area contributed by atoms with E-state index in [4.69, 9.17) is 26.3 Å². The first-order chi connectivity index (χ1) is 6.12. The summed E-state index contributed by atoms with van der Waals surface area (Å²) in [7, 11) is -9.83. The third-order valence-electron chi connectivity index (χ3n) is 0.747. The molecule has 0 bridgehead atoms. The first kappa shape index (κ1) is 14.1. The van der Waals surface area contributed by atoms with Gasteiger partial charge < -0.3 is 14.3 Å². The Morgan fingerprint density at radius 2 is 1.86 bits per heavy atom. The first-order valence-corrected chi connectivity index (χ1v) is 6.67. The molecule has 2 unspecified atom stereocenters. The molecule has 0 amide bonds. The summed E-state index contributed by atoms with van der Waals surface area (Å²) in [6.45, 7) is 1.55. The predicted molar refractivity (Wildman–Crippen MR) is 48.5 cm³/mol. The Labute approximate surface area is 85.2 Å². The molecular formula is C4H9ClO7P2. The second-order valence-corrected chi connectivity index (χ2v) is 5.62. The minimum Gasteiger partial charge on any atom is -0.412 e. The Kier molecular flexibility index (Phi) is 5.33. The number of rotatable bonds is 5. The summed E-state index contributed by atoms with van der Waals surface area (Å²) in [5, 5.41) is -0.454. The van der Waals surface area contributed by atoms with Crippen molar-refractivity contribution in [2.45, 2.75) is 12.3 Å². The third kappa shape index (κ3) is 8.72. The second-order valence-electron chi connectivity index (χ2n) is 2.15. The van der Waals surface area contributed by atoms with Gasteiger partial charge in [0.15, 0.2) is 0 Å². The van der Waals surface area contributed by atoms with Crippen molar-refractivity contribution in [1.82, 2.24) is 0 Å². The van der Waals surface area contributed by atoms with E-state index in [0.29, 0.717) is 0 Å². The summed E-state index contributed by atoms with van der Waals surface area (Å²) in [6, 6.07) is 0. The van der Waals surface area contributed by atoms with Gasteiger partial charge in [0.25, 0.3) is 0 Å². The van der Waals surface area contributed by atoms with Gasteiger partial charge in [0.1, 0.15) is 0 Å². The van der Waals surface area contributed by atoms with Crippen molar-refractivity contribution in [1.29, 1.82) is 0 Å². The van der Waals surface area contributed by atoms with E-state index in [0.717, 1.165) is 6.26 Å². The summed E-state index contributed by atoms with van der Waals surface area (Å²) in [5.74, 6) is 0. The van der Waals surface area contributed by atoms with Gasteiger partial charge in [-0.05, 0) is 13.0 Å². The van der Waals surface area contributed by atoms with Crippen LogP contribution < -0.4 is 0 Å². The normalized spacial score (nSPS) is 19.2. The van der Waals surface area contributed by atoms with Crippen LogP contribution in [0.2, 0.25) is 0 Å². The van der Waals surface area contributed by atoms with Crippen LogP contribution in [0.3, 0.4) is 0 Å². The molecule has 0 aliphatic carbocycles. The standard InChI is InChI=1S/C4H9ClO7P2/c1-4(5)2-3-11-14(9,10)12-13(6,7)8/h2-4H,1H3,(H,9,10)(H2,6,7,8). The van der Waals surface area contributed by atoms with Gasteiger partial charge in [0.05, 0.1) is 11.6 Å². The fraction of sp³-hybridized carbons (Fsp3) is 0.500. The molecule has 10 heteroatoms. The average Bonchev–Trinajstić information content (AvgIpc) is 1.78. The molecule has 0 rings (SSSR count). The van der Waals surface area contributed by atoms with Gasteiger partial charge in [0.2, 0.25) is 0 Å². The van der Waals surface area contributed by atoms with Crippen LogP contribution in [0.4, 0.5) is 0 Å². The molecule has 84 valence electrons. The summed E-state index contributed by atoms with van der Waals surface area (Å²) in [6.07, 6.45) is 1.92. The van der Waals surface area contributed by atoms with E-state index in [1.165, 1.54) is 6.08 Å². The molecule has 0 aliphatic rings. The predicted octanol–water partition coefficient (Wildman–Crippen LogP) is 1.35. The van der Waals surface area contributed by atoms with Crippen LogP contribution in [-0.4, -0.2) is 20.1 Å². The molecule has 0 saturated carbocycles. The fourth-order valence-corrected chi connectivity index (χ4v) is 1.89. The quantitative estimate of drug-likeness (QED) is 0.391. The Morgan fingerprint density at radius 1 is 1.36 bits per heavy atom. The highest BCUT2D eigenvalue weighted by Crippen LogP contribution is 2.57. The van der Waals surface area contributed by atoms with E-state index in [-0.39, 0.29) is 0 Å². The number of phosphoric acid groups is 2. The molecule has 0 saturated heterocycles. The molecule has 0 aromatic rings. The molecule has 0 aliphatic heterocycles. The lowest BCUT2D eigenvalue weighted by molar-refractivity contribution is 0.216. The zero-order valence-corrected chi connectivity index (χ0v) is 9.52. The molecule has 14 heavy (non-hydrogen) atoms. The monoisotopic (exact) mass is 266 g/mol. The lowest BCUT2D eigenvalue weighted by Gasteiger charge is -2.10. The van der Waals surface area contributed by atoms with Gasteiger partial charge >= 0.3 is 15.6 Å². The van der Waals surface area contributed by atoms with Crippen molar-refractivity contribution in [3.63, 3.8) is 0 Å². The van der Waals surface area contributed by atoms with E-state index in [2.05, 4.69) is 8.83 Å². The molecule has 2 atom stereocenters. The van der Waals surface area contributed by atoms with Gasteiger partial charge in [-0.3, -0.25) is 4.89 Å². The average molecular weight is 267 g/mol. The van der Waals surface area contributed by atoms with Crippen LogP contribution in [0, 0.1) is 0 Å². The number of allylic oxidation sites excluding steroid dienone is 1. The highest BCUT2D eigenvalue weighted by atomic mass is 35.5. The van der Waals surface area contributed by atoms with Crippen molar-refractivity contribution >= 4 is 27.2 Å². The van der Waals surface area contributed by atoms with Crippen molar-refractivity contribution in [3.05, 3.63) is 12.3 Å². The number of phosphoric ester groups is 1. The molecule has 0 heterocycles. The Hall–Kier alpha value is 0.130. The van der Waals surface area contributed by atoms with E-state index < -0.39 is 21.0 Å². The maximum Gasteiger partial charge on any atom is 0.535 e. The zero-order chi connectivity index (χ0) is 11.4. The maximum absolute atomic E-state index is 10.7. The van der Waals surface area contributed by atoms with Gasteiger partial charge in [-0.2, -0.15) is 4.31 Å². The number of halogens is 1. The largest absolute Gasteiger partial charge is 0.535 e. The van der Waals surface area contributed by atoms with Gasteiger partial charge in [0, 0.05) is 0 Å². The zero-order valence-electron chi connectivity index (χ0n) is 6.98. The van der Waals surface area contributed by atoms with E-state index in [9.17, 15) is 9.13 Å². The summed E-state index contributed by atoms with van der Waals surface area (Å²) < 4.78 is 28.4. The lowest BCUT2D eigenvalue weighted by Crippen LogP contribution is -1.90. The topological polar surface area (TPSA) is 113 Å². The summed E-state index contributed by atoms with van der Waals surface area (Å²) >= 11 is 5.41. The van der Waals surface area contributed by atoms with Gasteiger partial charge in [-0.1, -0.05) is 0 Å². The van der Waals surface area contributed by atoms with Crippen LogP contribution in [-0.2, 0) is 18.0 Å². The van der Waals surface area contributed by atoms with Crippen molar-refractivity contribution < 1.29 is 32.6 Å². The van der Waals surface area contributed by atoms with Crippen LogP contribution in [0.5, 0.6) is 0 Å². The summed E-state index contributed by atoms with van der Waals surface area (Å²) in [4.78, 5) is 25.1. The van der Waals surface area contributed by atoms with E-state index in [1.807, 2.05) is 0 Å². The second kappa shape index (κ2) is 5.28. The third-order valence-corrected chi connectivity index (χ3v) is 2.96. The molecule has 0 fully saturated rings. The first-order valence-electron chi connectivity index (χ1n) is 3.21. The maximum atomic E-state index is 10.7. The van der Waals surface area contributed by atoms with Crippen LogP contribution in [0.25, 0.3) is 0 Å². The molecule has 0 aromatic heterocycles. The summed E-state index contributed by atoms with van der Waals surface area (Å²) in [5.41, 5.74) is 0. The number of hydrogen-bond acceptors (Lipinski definition) is 4. The van der Waals surface area contributed by atoms with Gasteiger partial charge in [-0.15, -0.1) is 11.6 Å². The molecule has 0 radical (unpaired) electrons. The minimum atomic E-state index is -5.06. The Bertz CT molecular complexity index is 294. The van der Waals surface area contributed by atoms with E-state index in [1.54, 1.807) is 6.92 Å². The molecule has 0 spiro atoms. The molecular weight excluding hydrogens is 257 g/mol. The van der Waals surface area contributed by atoms with Crippen molar-refractivity contribution in [3.8, 4) is 0 Å². The minimum absolute atomic E-state index is 0.454. The smallest absolute Gasteiger partial charge is 0.412 e. The van der Waals surface area contributed by atoms with Crippen LogP contribution >= 0.6 is 27.2 Å². The van der Waals surface area contributed by atoms with E-state index >= 15 is 0 Å². The molecule has 3 N–H and O–H groups in total. The van der Waals surface area contributed by atoms with Crippen LogP contribution in [0.1, 0.15) is 6.92 Å². The number of alkyl halides is 1. The lowest BCUT2D eigenvalue weighted by atomic mass is 10.5. The highest BCUT2D eigenvalue weighted by Gasteiger charge is 2.32. The number of hydrogen-bond donors (Lipinski definition) is 3. The Balaban J connectivity index is 4.23. The molecule has 7 nitrogen and oxygen atoms in total. The van der Waals surface area contributed by atoms with Gasteiger partial charge in [-0.25, -0.2) is 9.13 Å². The van der Waals surface area contributed by atoms with Crippen molar-refractivity contribution in [2.24, 2.45) is 0 Å². The SMILES string of the molecule is CC(Cl)C=COP(=O)(O)OP(=O)(O)O. The molecule has 0 aromatic carbocycles.